The molecule has 0 aliphatic heterocycles. The lowest BCUT2D eigenvalue weighted by atomic mass is 10.0. The molecule has 1 unspecified atom stereocenters. The van der Waals surface area contributed by atoms with Crippen LogP contribution in [0.25, 0.3) is 11.4 Å². The number of nitro benzene ring substituents is 1. The topological polar surface area (TPSA) is 115 Å². The van der Waals surface area contributed by atoms with E-state index in [1.54, 1.807) is 18.5 Å². The van der Waals surface area contributed by atoms with Gasteiger partial charge in [-0.1, -0.05) is 18.3 Å². The van der Waals surface area contributed by atoms with Crippen LogP contribution in [0.4, 0.5) is 5.69 Å². The molecule has 1 N–H and O–H groups in total. The van der Waals surface area contributed by atoms with Crippen molar-refractivity contribution < 1.29 is 9.13 Å². The van der Waals surface area contributed by atoms with Crippen LogP contribution < -0.4 is 0 Å². The zero-order chi connectivity index (χ0) is 17.1. The van der Waals surface area contributed by atoms with E-state index in [4.69, 9.17) is 0 Å². The zero-order valence-electron chi connectivity index (χ0n) is 12.6. The third-order valence-corrected chi connectivity index (χ3v) is 5.82. The minimum Gasteiger partial charge on any atom is -0.345 e. The van der Waals surface area contributed by atoms with Gasteiger partial charge in [0, 0.05) is 42.3 Å². The summed E-state index contributed by atoms with van der Waals surface area (Å²) >= 11 is 1.26. The fourth-order valence-electron chi connectivity index (χ4n) is 2.17. The van der Waals surface area contributed by atoms with Crippen LogP contribution in [0.5, 0.6) is 0 Å². The summed E-state index contributed by atoms with van der Waals surface area (Å²) in [6.07, 6.45) is 3.66. The molecule has 0 spiro atoms. The van der Waals surface area contributed by atoms with Gasteiger partial charge < -0.3 is 4.98 Å². The van der Waals surface area contributed by atoms with Gasteiger partial charge in [0.1, 0.15) is 10.8 Å². The third-order valence-electron chi connectivity index (χ3n) is 3.30. The Hall–Kier alpha value is -2.46. The number of imidazole rings is 1. The van der Waals surface area contributed by atoms with Crippen LogP contribution in [-0.2, 0) is 17.2 Å². The number of non-ortho nitro benzene ring substituents is 1. The van der Waals surface area contributed by atoms with Crippen molar-refractivity contribution in [2.45, 2.75) is 17.7 Å². The third kappa shape index (κ3) is 3.39. The van der Waals surface area contributed by atoms with E-state index in [1.165, 1.54) is 23.5 Å². The molecule has 8 nitrogen and oxygen atoms in total. The van der Waals surface area contributed by atoms with E-state index in [1.807, 2.05) is 6.92 Å². The smallest absolute Gasteiger partial charge is 0.269 e. The van der Waals surface area contributed by atoms with Crippen molar-refractivity contribution in [1.82, 2.24) is 20.2 Å². The highest BCUT2D eigenvalue weighted by Gasteiger charge is 2.17. The van der Waals surface area contributed by atoms with E-state index in [2.05, 4.69) is 20.2 Å². The number of nitrogens with zero attached hydrogens (tertiary/aromatic N) is 4. The molecule has 3 aromatic rings. The Bertz CT molecular complexity index is 892. The van der Waals surface area contributed by atoms with Crippen molar-refractivity contribution in [1.29, 1.82) is 0 Å². The normalized spacial score (nSPS) is 12.2. The fourth-order valence-corrected chi connectivity index (χ4v) is 4.16. The summed E-state index contributed by atoms with van der Waals surface area (Å²) in [5.41, 5.74) is 1.48. The lowest BCUT2D eigenvalue weighted by Gasteiger charge is -2.05. The molecule has 0 fully saturated rings. The maximum atomic E-state index is 11.8. The number of aromatic nitrogens is 4. The second-order valence-electron chi connectivity index (χ2n) is 4.81. The summed E-state index contributed by atoms with van der Waals surface area (Å²) in [5.74, 6) is 1.10. The first kappa shape index (κ1) is 16.4. The van der Waals surface area contributed by atoms with Crippen LogP contribution in [0.2, 0.25) is 0 Å². The summed E-state index contributed by atoms with van der Waals surface area (Å²) in [6.45, 7) is 1.81. The van der Waals surface area contributed by atoms with Gasteiger partial charge in [-0.05, 0) is 11.6 Å². The molecular weight excluding hydrogens is 350 g/mol. The van der Waals surface area contributed by atoms with Crippen molar-refractivity contribution in [3.05, 3.63) is 51.3 Å². The molecule has 2 heterocycles. The zero-order valence-corrected chi connectivity index (χ0v) is 14.3. The minimum atomic E-state index is -1.16. The Labute approximate surface area is 143 Å². The molecule has 0 aliphatic rings. The summed E-state index contributed by atoms with van der Waals surface area (Å²) < 4.78 is 12.3. The molecule has 2 aromatic heterocycles. The van der Waals surface area contributed by atoms with Crippen molar-refractivity contribution in [3.8, 4) is 11.4 Å². The maximum absolute atomic E-state index is 11.8. The van der Waals surface area contributed by atoms with Gasteiger partial charge in [0.05, 0.1) is 15.7 Å². The SMILES string of the molecule is CCS(=O)c1nnc(Cc2cc([N+](=O)[O-])ccc2-c2ncc[nH]2)s1. The number of nitro groups is 1. The highest BCUT2D eigenvalue weighted by Crippen LogP contribution is 2.28. The van der Waals surface area contributed by atoms with Crippen LogP contribution in [0.3, 0.4) is 0 Å². The highest BCUT2D eigenvalue weighted by molar-refractivity contribution is 7.87. The maximum Gasteiger partial charge on any atom is 0.269 e. The van der Waals surface area contributed by atoms with Crippen molar-refractivity contribution in [3.63, 3.8) is 0 Å². The first-order chi connectivity index (χ1) is 11.6. The molecule has 0 amide bonds. The Morgan fingerprint density at radius 2 is 2.21 bits per heavy atom. The Kier molecular flexibility index (Phi) is 4.76. The summed E-state index contributed by atoms with van der Waals surface area (Å²) in [7, 11) is -1.16. The van der Waals surface area contributed by atoms with Gasteiger partial charge in [-0.15, -0.1) is 10.2 Å². The Morgan fingerprint density at radius 3 is 2.88 bits per heavy atom. The fraction of sp³-hybridized carbons (Fsp3) is 0.214. The molecule has 24 heavy (non-hydrogen) atoms. The number of H-pyrrole nitrogens is 1. The van der Waals surface area contributed by atoms with E-state index < -0.39 is 15.7 Å². The van der Waals surface area contributed by atoms with Gasteiger partial charge in [-0.25, -0.2) is 4.98 Å². The average molecular weight is 363 g/mol. The van der Waals surface area contributed by atoms with Gasteiger partial charge in [0.15, 0.2) is 0 Å². The van der Waals surface area contributed by atoms with Gasteiger partial charge in [-0.3, -0.25) is 14.3 Å². The van der Waals surface area contributed by atoms with E-state index in [0.29, 0.717) is 32.9 Å². The van der Waals surface area contributed by atoms with Crippen LogP contribution in [0, 0.1) is 10.1 Å². The van der Waals surface area contributed by atoms with E-state index in [-0.39, 0.29) is 5.69 Å². The van der Waals surface area contributed by atoms with Gasteiger partial charge in [0.25, 0.3) is 5.69 Å². The first-order valence-corrected chi connectivity index (χ1v) is 9.20. The molecule has 3 rings (SSSR count). The molecule has 0 aliphatic carbocycles. The van der Waals surface area contributed by atoms with Crippen LogP contribution >= 0.6 is 11.3 Å². The molecule has 124 valence electrons. The number of aromatic amines is 1. The second kappa shape index (κ2) is 6.97. The number of nitrogens with one attached hydrogen (secondary N) is 1. The molecule has 1 aromatic carbocycles. The second-order valence-corrected chi connectivity index (χ2v) is 7.78. The van der Waals surface area contributed by atoms with Crippen LogP contribution in [-0.4, -0.2) is 35.1 Å². The minimum absolute atomic E-state index is 0.00202. The lowest BCUT2D eigenvalue weighted by Crippen LogP contribution is -1.96. The van der Waals surface area contributed by atoms with Crippen molar-refractivity contribution in [2.24, 2.45) is 0 Å². The van der Waals surface area contributed by atoms with Crippen LogP contribution in [0.15, 0.2) is 34.9 Å². The standard InChI is InChI=1S/C14H13N5O3S2/c1-2-24(22)14-18-17-12(23-14)8-9-7-10(19(20)21)3-4-11(9)13-15-5-6-16-13/h3-7H,2,8H2,1H3,(H,15,16). The lowest BCUT2D eigenvalue weighted by molar-refractivity contribution is -0.384. The van der Waals surface area contributed by atoms with E-state index >= 15 is 0 Å². The first-order valence-electron chi connectivity index (χ1n) is 7.06. The van der Waals surface area contributed by atoms with Crippen molar-refractivity contribution >= 4 is 27.8 Å². The van der Waals surface area contributed by atoms with Gasteiger partial charge >= 0.3 is 0 Å². The monoisotopic (exact) mass is 363 g/mol. The van der Waals surface area contributed by atoms with Gasteiger partial charge in [-0.2, -0.15) is 0 Å². The summed E-state index contributed by atoms with van der Waals surface area (Å²) in [4.78, 5) is 17.8. The number of hydrogen-bond donors (Lipinski definition) is 1. The number of benzene rings is 1. The molecular formula is C14H13N5O3S2. The van der Waals surface area contributed by atoms with Crippen molar-refractivity contribution in [2.75, 3.05) is 5.75 Å². The largest absolute Gasteiger partial charge is 0.345 e. The Balaban J connectivity index is 1.98. The molecule has 0 radical (unpaired) electrons. The predicted octanol–water partition coefficient (Wildman–Crippen LogP) is 2.55. The number of rotatable bonds is 6. The van der Waals surface area contributed by atoms with E-state index in [9.17, 15) is 14.3 Å². The molecule has 1 atom stereocenters. The summed E-state index contributed by atoms with van der Waals surface area (Å²) in [5, 5.41) is 19.7. The number of hydrogen-bond acceptors (Lipinski definition) is 7. The van der Waals surface area contributed by atoms with Gasteiger partial charge in [0.2, 0.25) is 4.34 Å². The molecule has 10 heteroatoms. The Morgan fingerprint density at radius 1 is 1.38 bits per heavy atom. The highest BCUT2D eigenvalue weighted by atomic mass is 32.2. The van der Waals surface area contributed by atoms with E-state index in [0.717, 1.165) is 5.56 Å². The molecule has 0 bridgehead atoms. The average Bonchev–Trinajstić information content (AvgIpc) is 3.25. The molecule has 0 saturated carbocycles. The summed E-state index contributed by atoms with van der Waals surface area (Å²) in [6, 6.07) is 4.62. The quantitative estimate of drug-likeness (QED) is 0.532. The predicted molar refractivity (Wildman–Crippen MR) is 90.3 cm³/mol. The van der Waals surface area contributed by atoms with Crippen LogP contribution in [0.1, 0.15) is 17.5 Å². The molecule has 0 saturated heterocycles.